The summed E-state index contributed by atoms with van der Waals surface area (Å²) in [5.74, 6) is 5.78. The Bertz CT molecular complexity index is 459. The van der Waals surface area contributed by atoms with Gasteiger partial charge < -0.3 is 5.11 Å². The van der Waals surface area contributed by atoms with E-state index >= 15 is 0 Å². The minimum Gasteiger partial charge on any atom is -0.396 e. The first-order valence-electron chi connectivity index (χ1n) is 12.2. The lowest BCUT2D eigenvalue weighted by atomic mass is 9.42. The molecule has 4 aliphatic carbocycles. The Labute approximate surface area is 163 Å². The minimum absolute atomic E-state index is 0.401. The van der Waals surface area contributed by atoms with Crippen LogP contribution in [0.2, 0.25) is 0 Å². The zero-order chi connectivity index (χ0) is 18.9. The van der Waals surface area contributed by atoms with Gasteiger partial charge in [0.05, 0.1) is 0 Å². The van der Waals surface area contributed by atoms with Crippen molar-refractivity contribution in [3.05, 3.63) is 0 Å². The lowest BCUT2D eigenvalue weighted by Gasteiger charge is -2.62. The molecule has 0 heterocycles. The molecule has 0 spiro atoms. The fraction of sp³-hybridized carbons (Fsp3) is 1.00. The standard InChI is InChI=1S/C23H40O.C2H6/c1-4-16-15-18-20-9-8-17(11-14-24)22(20,2)13-10-21(18)23(3)12-6-5-7-19(16)23;1-2/h16-21,24H,4-15H2,1-3H3;1-2H3/t16-,17?,18?,19?,20?,21-,22?,23?;/m0./s1. The molecule has 26 heavy (non-hydrogen) atoms. The van der Waals surface area contributed by atoms with E-state index in [9.17, 15) is 5.11 Å². The van der Waals surface area contributed by atoms with Gasteiger partial charge in [0.15, 0.2) is 0 Å². The van der Waals surface area contributed by atoms with Crippen molar-refractivity contribution in [1.82, 2.24) is 0 Å². The molecule has 0 bridgehead atoms. The van der Waals surface area contributed by atoms with Gasteiger partial charge in [-0.05, 0) is 97.7 Å². The topological polar surface area (TPSA) is 20.2 Å². The molecule has 8 atom stereocenters. The highest BCUT2D eigenvalue weighted by molar-refractivity contribution is 5.10. The maximum Gasteiger partial charge on any atom is 0.0433 e. The van der Waals surface area contributed by atoms with Gasteiger partial charge in [0.2, 0.25) is 0 Å². The molecule has 0 aromatic rings. The van der Waals surface area contributed by atoms with E-state index in [1.807, 2.05) is 13.8 Å². The first-order valence-corrected chi connectivity index (χ1v) is 12.2. The van der Waals surface area contributed by atoms with Crippen LogP contribution in [-0.4, -0.2) is 11.7 Å². The lowest BCUT2D eigenvalue weighted by molar-refractivity contribution is -0.136. The van der Waals surface area contributed by atoms with Gasteiger partial charge in [0.25, 0.3) is 0 Å². The Kier molecular flexibility index (Phi) is 6.48. The van der Waals surface area contributed by atoms with E-state index in [1.54, 1.807) is 0 Å². The summed E-state index contributed by atoms with van der Waals surface area (Å²) in [5.41, 5.74) is 1.19. The van der Waals surface area contributed by atoms with E-state index in [1.165, 1.54) is 64.2 Å². The molecule has 0 aliphatic heterocycles. The van der Waals surface area contributed by atoms with E-state index < -0.39 is 0 Å². The summed E-state index contributed by atoms with van der Waals surface area (Å²) >= 11 is 0. The molecule has 0 aromatic carbocycles. The Morgan fingerprint density at radius 3 is 2.27 bits per heavy atom. The Hall–Kier alpha value is -0.0400. The van der Waals surface area contributed by atoms with Crippen LogP contribution in [0.3, 0.4) is 0 Å². The number of hydrogen-bond acceptors (Lipinski definition) is 1. The first-order chi connectivity index (χ1) is 12.5. The number of fused-ring (bicyclic) bond motifs is 5. The largest absolute Gasteiger partial charge is 0.396 e. The Morgan fingerprint density at radius 1 is 0.846 bits per heavy atom. The van der Waals surface area contributed by atoms with Gasteiger partial charge >= 0.3 is 0 Å². The van der Waals surface area contributed by atoms with E-state index in [0.717, 1.165) is 41.9 Å². The van der Waals surface area contributed by atoms with Crippen molar-refractivity contribution >= 4 is 0 Å². The van der Waals surface area contributed by atoms with Crippen molar-refractivity contribution in [1.29, 1.82) is 0 Å². The molecule has 1 heteroatoms. The maximum atomic E-state index is 9.54. The van der Waals surface area contributed by atoms with Crippen LogP contribution in [0.1, 0.15) is 105 Å². The first kappa shape index (κ1) is 20.7. The van der Waals surface area contributed by atoms with Crippen LogP contribution in [0, 0.1) is 46.3 Å². The third kappa shape index (κ3) is 3.09. The zero-order valence-corrected chi connectivity index (χ0v) is 18.4. The van der Waals surface area contributed by atoms with Crippen LogP contribution < -0.4 is 0 Å². The highest BCUT2D eigenvalue weighted by Crippen LogP contribution is 2.68. The van der Waals surface area contributed by atoms with Crippen LogP contribution in [0.15, 0.2) is 0 Å². The smallest absolute Gasteiger partial charge is 0.0433 e. The average Bonchev–Trinajstić information content (AvgIpc) is 2.99. The molecule has 4 aliphatic rings. The molecule has 4 rings (SSSR count). The van der Waals surface area contributed by atoms with Crippen LogP contribution in [0.4, 0.5) is 0 Å². The normalized spacial score (nSPS) is 50.1. The SMILES string of the molecule is CC.CC[C@H]1CC2C3CCC(CCO)C3(C)CC[C@@H]2C2(C)CCCCC12. The van der Waals surface area contributed by atoms with Crippen molar-refractivity contribution in [3.63, 3.8) is 0 Å². The molecule has 0 radical (unpaired) electrons. The second kappa shape index (κ2) is 8.14. The number of hydrogen-bond donors (Lipinski definition) is 1. The number of aliphatic hydroxyl groups is 1. The summed E-state index contributed by atoms with van der Waals surface area (Å²) in [6.07, 6.45) is 15.8. The van der Waals surface area contributed by atoms with Crippen molar-refractivity contribution in [2.24, 2.45) is 46.3 Å². The fourth-order valence-corrected chi connectivity index (χ4v) is 8.76. The van der Waals surface area contributed by atoms with E-state index in [4.69, 9.17) is 0 Å². The van der Waals surface area contributed by atoms with Gasteiger partial charge in [-0.3, -0.25) is 0 Å². The van der Waals surface area contributed by atoms with E-state index in [-0.39, 0.29) is 0 Å². The summed E-state index contributed by atoms with van der Waals surface area (Å²) < 4.78 is 0. The molecule has 6 unspecified atom stereocenters. The average molecular weight is 363 g/mol. The number of aliphatic hydroxyl groups excluding tert-OH is 1. The quantitative estimate of drug-likeness (QED) is 0.568. The van der Waals surface area contributed by atoms with Crippen molar-refractivity contribution in [3.8, 4) is 0 Å². The van der Waals surface area contributed by atoms with Gasteiger partial charge in [-0.2, -0.15) is 0 Å². The Morgan fingerprint density at radius 2 is 1.58 bits per heavy atom. The van der Waals surface area contributed by atoms with Gasteiger partial charge in [0.1, 0.15) is 0 Å². The van der Waals surface area contributed by atoms with Crippen molar-refractivity contribution in [2.45, 2.75) is 105 Å². The molecule has 4 fully saturated rings. The maximum absolute atomic E-state index is 9.54. The van der Waals surface area contributed by atoms with Crippen molar-refractivity contribution < 1.29 is 5.11 Å². The second-order valence-corrected chi connectivity index (χ2v) is 10.5. The molecular weight excluding hydrogens is 316 g/mol. The van der Waals surface area contributed by atoms with Gasteiger partial charge in [-0.25, -0.2) is 0 Å². The van der Waals surface area contributed by atoms with Crippen LogP contribution in [0.5, 0.6) is 0 Å². The predicted octanol–water partition coefficient (Wildman–Crippen LogP) is 7.08. The highest BCUT2D eigenvalue weighted by Gasteiger charge is 2.60. The molecule has 4 saturated carbocycles. The van der Waals surface area contributed by atoms with Crippen molar-refractivity contribution in [2.75, 3.05) is 6.61 Å². The summed E-state index contributed by atoms with van der Waals surface area (Å²) in [5, 5.41) is 9.54. The van der Waals surface area contributed by atoms with Crippen LogP contribution >= 0.6 is 0 Å². The Balaban J connectivity index is 0.000000948. The third-order valence-electron chi connectivity index (χ3n) is 9.95. The minimum atomic E-state index is 0.401. The van der Waals surface area contributed by atoms with Gasteiger partial charge in [-0.15, -0.1) is 0 Å². The monoisotopic (exact) mass is 362 g/mol. The molecule has 0 amide bonds. The summed E-state index contributed by atoms with van der Waals surface area (Å²) in [6.45, 7) is 12.2. The predicted molar refractivity (Wildman–Crippen MR) is 112 cm³/mol. The van der Waals surface area contributed by atoms with Crippen LogP contribution in [-0.2, 0) is 0 Å². The zero-order valence-electron chi connectivity index (χ0n) is 18.4. The van der Waals surface area contributed by atoms with Gasteiger partial charge in [-0.1, -0.05) is 53.9 Å². The van der Waals surface area contributed by atoms with E-state index in [2.05, 4.69) is 20.8 Å². The summed E-state index contributed by atoms with van der Waals surface area (Å²) in [7, 11) is 0. The van der Waals surface area contributed by atoms with Crippen LogP contribution in [0.25, 0.3) is 0 Å². The van der Waals surface area contributed by atoms with E-state index in [0.29, 0.717) is 17.4 Å². The molecule has 0 aromatic heterocycles. The fourth-order valence-electron chi connectivity index (χ4n) is 8.76. The summed E-state index contributed by atoms with van der Waals surface area (Å²) in [6, 6.07) is 0. The molecule has 1 nitrogen and oxygen atoms in total. The number of rotatable bonds is 3. The molecule has 0 saturated heterocycles. The third-order valence-corrected chi connectivity index (χ3v) is 9.95. The lowest BCUT2D eigenvalue weighted by Crippen LogP contribution is -2.55. The highest BCUT2D eigenvalue weighted by atomic mass is 16.3. The second-order valence-electron chi connectivity index (χ2n) is 10.5. The molecule has 1 N–H and O–H groups in total. The molecular formula is C25H46O. The molecule has 152 valence electrons. The van der Waals surface area contributed by atoms with Gasteiger partial charge in [0, 0.05) is 6.61 Å². The summed E-state index contributed by atoms with van der Waals surface area (Å²) in [4.78, 5) is 0.